The van der Waals surface area contributed by atoms with Gasteiger partial charge in [-0.1, -0.05) is 35.9 Å². The molecule has 0 saturated carbocycles. The molecular formula is C23H27ClO7. The summed E-state index contributed by atoms with van der Waals surface area (Å²) in [7, 11) is 0. The zero-order valence-corrected chi connectivity index (χ0v) is 17.7. The fourth-order valence-corrected chi connectivity index (χ4v) is 4.17. The van der Waals surface area contributed by atoms with Gasteiger partial charge < -0.3 is 34.6 Å². The fraction of sp³-hybridized carbons (Fsp3) is 0.478. The molecule has 6 atom stereocenters. The van der Waals surface area contributed by atoms with E-state index in [0.29, 0.717) is 23.6 Å². The first-order valence-electron chi connectivity index (χ1n) is 10.4. The molecule has 7 nitrogen and oxygen atoms in total. The van der Waals surface area contributed by atoms with Crippen molar-refractivity contribution >= 4 is 11.6 Å². The lowest BCUT2D eigenvalue weighted by Gasteiger charge is -2.40. The molecule has 4 rings (SSSR count). The van der Waals surface area contributed by atoms with E-state index < -0.39 is 37.1 Å². The van der Waals surface area contributed by atoms with Crippen LogP contribution in [0.3, 0.4) is 0 Å². The van der Waals surface area contributed by atoms with E-state index in [-0.39, 0.29) is 6.10 Å². The molecule has 0 amide bonds. The van der Waals surface area contributed by atoms with Gasteiger partial charge in [0.25, 0.3) is 0 Å². The number of hydrogen-bond acceptors (Lipinski definition) is 7. The van der Waals surface area contributed by atoms with E-state index >= 15 is 0 Å². The maximum Gasteiger partial charge on any atom is 0.124 e. The molecule has 0 spiro atoms. The monoisotopic (exact) mass is 450 g/mol. The van der Waals surface area contributed by atoms with Crippen LogP contribution in [0.2, 0.25) is 5.02 Å². The number of ether oxygens (including phenoxy) is 3. The quantitative estimate of drug-likeness (QED) is 0.529. The van der Waals surface area contributed by atoms with Crippen molar-refractivity contribution in [3.05, 3.63) is 64.2 Å². The molecule has 0 aliphatic carbocycles. The zero-order valence-electron chi connectivity index (χ0n) is 16.9. The van der Waals surface area contributed by atoms with Gasteiger partial charge in [0.15, 0.2) is 0 Å². The first-order chi connectivity index (χ1) is 15.0. The van der Waals surface area contributed by atoms with Crippen LogP contribution in [0.25, 0.3) is 0 Å². The molecule has 2 fully saturated rings. The Morgan fingerprint density at radius 1 is 1.00 bits per heavy atom. The molecule has 8 heteroatoms. The molecule has 2 aliphatic heterocycles. The van der Waals surface area contributed by atoms with Crippen LogP contribution in [-0.4, -0.2) is 70.8 Å². The standard InChI is InChI=1S/C23H27ClO7/c24-18-6-3-14(23-22(28)21(27)20(26)19(11-25)31-23)10-15(18)9-13-1-4-16(5-2-13)30-17-7-8-29-12-17/h1-6,10,17,19-23,25-28H,7-9,11-12H2/t17-,19?,20-,21+,22-,23+/m1/s1. The van der Waals surface area contributed by atoms with Gasteiger partial charge in [-0.3, -0.25) is 0 Å². The number of rotatable bonds is 6. The lowest BCUT2D eigenvalue weighted by Crippen LogP contribution is -2.55. The minimum absolute atomic E-state index is 0.0931. The normalized spacial score (nSPS) is 31.0. The Morgan fingerprint density at radius 3 is 2.45 bits per heavy atom. The van der Waals surface area contributed by atoms with Gasteiger partial charge in [-0.2, -0.15) is 0 Å². The minimum atomic E-state index is -1.42. The largest absolute Gasteiger partial charge is 0.488 e. The highest BCUT2D eigenvalue weighted by Gasteiger charge is 2.44. The summed E-state index contributed by atoms with van der Waals surface area (Å²) >= 11 is 6.40. The third-order valence-electron chi connectivity index (χ3n) is 5.80. The van der Waals surface area contributed by atoms with Crippen LogP contribution in [0.4, 0.5) is 0 Å². The lowest BCUT2D eigenvalue weighted by atomic mass is 9.90. The predicted molar refractivity (Wildman–Crippen MR) is 113 cm³/mol. The van der Waals surface area contributed by atoms with Gasteiger partial charge >= 0.3 is 0 Å². The topological polar surface area (TPSA) is 109 Å². The SMILES string of the molecule is OCC1O[C@@H](c2ccc(Cl)c(Cc3ccc(O[C@@H]4CCOC4)cc3)c2)[C@H](O)[C@@H](O)[C@@H]1O. The summed E-state index contributed by atoms with van der Waals surface area (Å²) in [6.07, 6.45) is -4.46. The van der Waals surface area contributed by atoms with E-state index in [4.69, 9.17) is 25.8 Å². The lowest BCUT2D eigenvalue weighted by molar-refractivity contribution is -0.231. The second-order valence-electron chi connectivity index (χ2n) is 8.02. The van der Waals surface area contributed by atoms with Crippen LogP contribution in [0, 0.1) is 0 Å². The molecule has 1 unspecified atom stereocenters. The molecular weight excluding hydrogens is 424 g/mol. The smallest absolute Gasteiger partial charge is 0.124 e. The van der Waals surface area contributed by atoms with Crippen molar-refractivity contribution in [1.82, 2.24) is 0 Å². The summed E-state index contributed by atoms with van der Waals surface area (Å²) in [5.41, 5.74) is 2.47. The van der Waals surface area contributed by atoms with Crippen molar-refractivity contribution in [3.8, 4) is 5.75 Å². The molecule has 2 saturated heterocycles. The Bertz CT molecular complexity index is 867. The first-order valence-corrected chi connectivity index (χ1v) is 10.8. The van der Waals surface area contributed by atoms with Gasteiger partial charge in [0.05, 0.1) is 19.8 Å². The van der Waals surface area contributed by atoms with Crippen LogP contribution < -0.4 is 4.74 Å². The zero-order chi connectivity index (χ0) is 22.0. The molecule has 2 heterocycles. The van der Waals surface area contributed by atoms with Gasteiger partial charge in [-0.05, 0) is 41.3 Å². The summed E-state index contributed by atoms with van der Waals surface area (Å²) in [4.78, 5) is 0. The molecule has 31 heavy (non-hydrogen) atoms. The predicted octanol–water partition coefficient (Wildman–Crippen LogP) is 1.61. The summed E-state index contributed by atoms with van der Waals surface area (Å²) in [5, 5.41) is 40.5. The van der Waals surface area contributed by atoms with Crippen molar-refractivity contribution in [3.63, 3.8) is 0 Å². The molecule has 4 N–H and O–H groups in total. The van der Waals surface area contributed by atoms with Gasteiger partial charge in [0, 0.05) is 11.4 Å². The van der Waals surface area contributed by atoms with E-state index in [1.54, 1.807) is 12.1 Å². The van der Waals surface area contributed by atoms with Gasteiger partial charge in [-0.25, -0.2) is 0 Å². The number of benzene rings is 2. The van der Waals surface area contributed by atoms with E-state index in [2.05, 4.69) is 0 Å². The molecule has 168 valence electrons. The third kappa shape index (κ3) is 5.04. The van der Waals surface area contributed by atoms with Crippen molar-refractivity contribution in [2.45, 2.75) is 49.5 Å². The van der Waals surface area contributed by atoms with E-state index in [1.807, 2.05) is 30.3 Å². The van der Waals surface area contributed by atoms with E-state index in [9.17, 15) is 20.4 Å². The first kappa shape index (κ1) is 22.5. The Labute approximate surface area is 185 Å². The number of halogens is 1. The Morgan fingerprint density at radius 2 is 1.77 bits per heavy atom. The maximum absolute atomic E-state index is 10.4. The van der Waals surface area contributed by atoms with Crippen molar-refractivity contribution in [1.29, 1.82) is 0 Å². The van der Waals surface area contributed by atoms with E-state index in [0.717, 1.165) is 29.9 Å². The average molecular weight is 451 g/mol. The van der Waals surface area contributed by atoms with Gasteiger partial charge in [0.1, 0.15) is 42.4 Å². The molecule has 2 aliphatic rings. The summed E-state index contributed by atoms with van der Waals surface area (Å²) in [6, 6.07) is 13.0. The van der Waals surface area contributed by atoms with Crippen LogP contribution >= 0.6 is 11.6 Å². The molecule has 2 aromatic rings. The number of aliphatic hydroxyl groups excluding tert-OH is 4. The Balaban J connectivity index is 1.49. The summed E-state index contributed by atoms with van der Waals surface area (Å²) in [6.45, 7) is 0.872. The highest BCUT2D eigenvalue weighted by atomic mass is 35.5. The summed E-state index contributed by atoms with van der Waals surface area (Å²) in [5.74, 6) is 0.792. The van der Waals surface area contributed by atoms with Crippen LogP contribution in [-0.2, 0) is 15.9 Å². The van der Waals surface area contributed by atoms with Crippen LogP contribution in [0.15, 0.2) is 42.5 Å². The van der Waals surface area contributed by atoms with Crippen molar-refractivity contribution in [2.75, 3.05) is 19.8 Å². The second-order valence-corrected chi connectivity index (χ2v) is 8.43. The maximum atomic E-state index is 10.4. The fourth-order valence-electron chi connectivity index (χ4n) is 3.99. The van der Waals surface area contributed by atoms with Gasteiger partial charge in [-0.15, -0.1) is 0 Å². The number of hydrogen-bond donors (Lipinski definition) is 4. The molecule has 0 aromatic heterocycles. The second kappa shape index (κ2) is 9.83. The van der Waals surface area contributed by atoms with Crippen molar-refractivity contribution in [2.24, 2.45) is 0 Å². The third-order valence-corrected chi connectivity index (χ3v) is 6.17. The van der Waals surface area contributed by atoms with Crippen LogP contribution in [0.1, 0.15) is 29.2 Å². The highest BCUT2D eigenvalue weighted by Crippen LogP contribution is 2.34. The molecule has 0 radical (unpaired) electrons. The van der Waals surface area contributed by atoms with Gasteiger partial charge in [0.2, 0.25) is 0 Å². The van der Waals surface area contributed by atoms with E-state index in [1.165, 1.54) is 0 Å². The minimum Gasteiger partial charge on any atom is -0.488 e. The molecule has 0 bridgehead atoms. The highest BCUT2D eigenvalue weighted by molar-refractivity contribution is 6.31. The Kier molecular flexibility index (Phi) is 7.13. The molecule has 2 aromatic carbocycles. The Hall–Kier alpha value is -1.71. The van der Waals surface area contributed by atoms with Crippen molar-refractivity contribution < 1.29 is 34.6 Å². The summed E-state index contributed by atoms with van der Waals surface area (Å²) < 4.78 is 16.9. The van der Waals surface area contributed by atoms with Crippen LogP contribution in [0.5, 0.6) is 5.75 Å². The average Bonchev–Trinajstić information content (AvgIpc) is 3.28. The number of aliphatic hydroxyl groups is 4.